The third-order valence-corrected chi connectivity index (χ3v) is 3.99. The number of halogens is 2. The molecule has 1 aromatic heterocycles. The molecule has 18 heavy (non-hydrogen) atoms. The largest absolute Gasteiger partial charge is 0.306 e. The molecule has 0 bridgehead atoms. The van der Waals surface area contributed by atoms with E-state index in [0.717, 1.165) is 12.1 Å². The summed E-state index contributed by atoms with van der Waals surface area (Å²) in [6, 6.07) is 6.69. The van der Waals surface area contributed by atoms with Gasteiger partial charge in [-0.15, -0.1) is 11.3 Å². The second kappa shape index (κ2) is 5.83. The zero-order valence-electron chi connectivity index (χ0n) is 10.3. The minimum absolute atomic E-state index is 0.186. The molecule has 0 radical (unpaired) electrons. The Kier molecular flexibility index (Phi) is 4.38. The maximum atomic E-state index is 14.0. The lowest BCUT2D eigenvalue weighted by atomic mass is 10.00. The summed E-state index contributed by atoms with van der Waals surface area (Å²) in [5.41, 5.74) is 1.59. The van der Waals surface area contributed by atoms with E-state index in [-0.39, 0.29) is 11.9 Å². The first-order chi connectivity index (χ1) is 8.63. The number of aryl methyl sites for hydroxylation is 1. The van der Waals surface area contributed by atoms with Gasteiger partial charge in [0.15, 0.2) is 0 Å². The number of nitrogens with one attached hydrogen (secondary N) is 1. The summed E-state index contributed by atoms with van der Waals surface area (Å²) in [5, 5.41) is 5.80. The highest BCUT2D eigenvalue weighted by atomic mass is 35.5. The number of hydrogen-bond donors (Lipinski definition) is 1. The molecular formula is C14H15ClFNS. The Balaban J connectivity index is 2.47. The monoisotopic (exact) mass is 283 g/mol. The van der Waals surface area contributed by atoms with Gasteiger partial charge in [-0.3, -0.25) is 0 Å². The quantitative estimate of drug-likeness (QED) is 0.868. The molecule has 1 N–H and O–H groups in total. The minimum Gasteiger partial charge on any atom is -0.306 e. The van der Waals surface area contributed by atoms with Crippen molar-refractivity contribution in [1.82, 2.24) is 5.32 Å². The van der Waals surface area contributed by atoms with E-state index in [0.29, 0.717) is 10.6 Å². The van der Waals surface area contributed by atoms with Crippen molar-refractivity contribution >= 4 is 22.9 Å². The lowest BCUT2D eigenvalue weighted by Gasteiger charge is -2.19. The van der Waals surface area contributed by atoms with E-state index in [4.69, 9.17) is 11.6 Å². The zero-order valence-corrected chi connectivity index (χ0v) is 11.9. The Labute approximate surface area is 116 Å². The Bertz CT molecular complexity index is 518. The SMILES string of the molecule is CCNC(c1csc(C)c1)c1c(F)cccc1Cl. The Morgan fingerprint density at radius 3 is 2.78 bits per heavy atom. The van der Waals surface area contributed by atoms with Crippen molar-refractivity contribution < 1.29 is 4.39 Å². The fourth-order valence-corrected chi connectivity index (χ4v) is 2.99. The molecule has 4 heteroatoms. The van der Waals surface area contributed by atoms with Gasteiger partial charge in [0.1, 0.15) is 5.82 Å². The maximum Gasteiger partial charge on any atom is 0.129 e. The Morgan fingerprint density at radius 1 is 1.44 bits per heavy atom. The fourth-order valence-electron chi connectivity index (χ4n) is 1.99. The summed E-state index contributed by atoms with van der Waals surface area (Å²) in [6.07, 6.45) is 0. The van der Waals surface area contributed by atoms with Gasteiger partial charge < -0.3 is 5.32 Å². The molecule has 0 aliphatic carbocycles. The molecule has 1 nitrogen and oxygen atoms in total. The van der Waals surface area contributed by atoms with E-state index in [1.165, 1.54) is 10.9 Å². The van der Waals surface area contributed by atoms with Gasteiger partial charge in [-0.2, -0.15) is 0 Å². The Morgan fingerprint density at radius 2 is 2.22 bits per heavy atom. The summed E-state index contributed by atoms with van der Waals surface area (Å²) in [6.45, 7) is 4.80. The van der Waals surface area contributed by atoms with Crippen molar-refractivity contribution in [3.8, 4) is 0 Å². The molecule has 0 aliphatic rings. The van der Waals surface area contributed by atoms with Crippen LogP contribution in [-0.2, 0) is 0 Å². The number of thiophene rings is 1. The van der Waals surface area contributed by atoms with Crippen molar-refractivity contribution in [3.63, 3.8) is 0 Å². The first-order valence-electron chi connectivity index (χ1n) is 5.85. The molecule has 2 rings (SSSR count). The first kappa shape index (κ1) is 13.5. The normalized spacial score (nSPS) is 12.7. The van der Waals surface area contributed by atoms with Crippen LogP contribution in [0.25, 0.3) is 0 Å². The first-order valence-corrected chi connectivity index (χ1v) is 7.11. The van der Waals surface area contributed by atoms with Crippen molar-refractivity contribution in [1.29, 1.82) is 0 Å². The fraction of sp³-hybridized carbons (Fsp3) is 0.286. The van der Waals surface area contributed by atoms with Crippen molar-refractivity contribution in [2.24, 2.45) is 0 Å². The molecule has 0 amide bonds. The van der Waals surface area contributed by atoms with Gasteiger partial charge >= 0.3 is 0 Å². The van der Waals surface area contributed by atoms with Gasteiger partial charge in [0.25, 0.3) is 0 Å². The van der Waals surface area contributed by atoms with E-state index in [2.05, 4.69) is 11.4 Å². The van der Waals surface area contributed by atoms with Crippen LogP contribution in [0.1, 0.15) is 29.0 Å². The molecule has 1 heterocycles. The second-order valence-electron chi connectivity index (χ2n) is 4.12. The summed E-state index contributed by atoms with van der Waals surface area (Å²) < 4.78 is 14.0. The molecule has 1 unspecified atom stereocenters. The summed E-state index contributed by atoms with van der Waals surface area (Å²) in [5.74, 6) is -0.266. The highest BCUT2D eigenvalue weighted by molar-refractivity contribution is 7.10. The third-order valence-electron chi connectivity index (χ3n) is 2.78. The molecule has 96 valence electrons. The molecular weight excluding hydrogens is 269 g/mol. The standard InChI is InChI=1S/C14H15ClFNS/c1-3-17-14(10-7-9(2)18-8-10)13-11(15)5-4-6-12(13)16/h4-8,14,17H,3H2,1-2H3. The van der Waals surface area contributed by atoms with Gasteiger partial charge in [-0.1, -0.05) is 24.6 Å². The predicted octanol–water partition coefficient (Wildman–Crippen LogP) is 4.55. The van der Waals surface area contributed by atoms with Gasteiger partial charge in [-0.25, -0.2) is 4.39 Å². The molecule has 0 fully saturated rings. The van der Waals surface area contributed by atoms with Crippen LogP contribution in [-0.4, -0.2) is 6.54 Å². The lowest BCUT2D eigenvalue weighted by Crippen LogP contribution is -2.22. The number of benzene rings is 1. The summed E-state index contributed by atoms with van der Waals surface area (Å²) in [4.78, 5) is 1.21. The van der Waals surface area contributed by atoms with E-state index in [1.807, 2.05) is 19.2 Å². The van der Waals surface area contributed by atoms with Gasteiger partial charge in [0, 0.05) is 15.5 Å². The van der Waals surface area contributed by atoms with Crippen molar-refractivity contribution in [2.45, 2.75) is 19.9 Å². The number of rotatable bonds is 4. The van der Waals surface area contributed by atoms with Crippen LogP contribution < -0.4 is 5.32 Å². The molecule has 1 aromatic carbocycles. The van der Waals surface area contributed by atoms with Crippen LogP contribution in [0, 0.1) is 12.7 Å². The highest BCUT2D eigenvalue weighted by Gasteiger charge is 2.20. The molecule has 0 saturated carbocycles. The smallest absolute Gasteiger partial charge is 0.129 e. The van der Waals surface area contributed by atoms with Crippen LogP contribution in [0.3, 0.4) is 0 Å². The lowest BCUT2D eigenvalue weighted by molar-refractivity contribution is 0.560. The molecule has 0 spiro atoms. The van der Waals surface area contributed by atoms with E-state index < -0.39 is 0 Å². The molecule has 1 atom stereocenters. The average molecular weight is 284 g/mol. The average Bonchev–Trinajstić information content (AvgIpc) is 2.74. The van der Waals surface area contributed by atoms with Crippen LogP contribution >= 0.6 is 22.9 Å². The maximum absolute atomic E-state index is 14.0. The molecule has 0 aliphatic heterocycles. The van der Waals surface area contributed by atoms with Gasteiger partial charge in [0.2, 0.25) is 0 Å². The van der Waals surface area contributed by atoms with E-state index in [1.54, 1.807) is 23.5 Å². The highest BCUT2D eigenvalue weighted by Crippen LogP contribution is 2.32. The Hall–Kier alpha value is -0.900. The predicted molar refractivity (Wildman–Crippen MR) is 76.0 cm³/mol. The van der Waals surface area contributed by atoms with Gasteiger partial charge in [0.05, 0.1) is 6.04 Å². The van der Waals surface area contributed by atoms with Crippen LogP contribution in [0.15, 0.2) is 29.6 Å². The number of hydrogen-bond acceptors (Lipinski definition) is 2. The zero-order chi connectivity index (χ0) is 13.1. The van der Waals surface area contributed by atoms with E-state index >= 15 is 0 Å². The van der Waals surface area contributed by atoms with Crippen LogP contribution in [0.4, 0.5) is 4.39 Å². The molecule has 2 aromatic rings. The van der Waals surface area contributed by atoms with Crippen molar-refractivity contribution in [3.05, 3.63) is 56.5 Å². The second-order valence-corrected chi connectivity index (χ2v) is 5.64. The van der Waals surface area contributed by atoms with Gasteiger partial charge in [-0.05, 0) is 42.6 Å². The summed E-state index contributed by atoms with van der Waals surface area (Å²) in [7, 11) is 0. The van der Waals surface area contributed by atoms with Crippen LogP contribution in [0.5, 0.6) is 0 Å². The molecule has 0 saturated heterocycles. The van der Waals surface area contributed by atoms with Crippen molar-refractivity contribution in [2.75, 3.05) is 6.54 Å². The topological polar surface area (TPSA) is 12.0 Å². The minimum atomic E-state index is -0.266. The third kappa shape index (κ3) is 2.74. The van der Waals surface area contributed by atoms with E-state index in [9.17, 15) is 4.39 Å². The summed E-state index contributed by atoms with van der Waals surface area (Å²) >= 11 is 7.80. The van der Waals surface area contributed by atoms with Crippen LogP contribution in [0.2, 0.25) is 5.02 Å².